The second-order valence-corrected chi connectivity index (χ2v) is 10.1. The van der Waals surface area contributed by atoms with Crippen LogP contribution in [-0.4, -0.2) is 62.5 Å². The van der Waals surface area contributed by atoms with Crippen LogP contribution >= 0.6 is 22.6 Å². The van der Waals surface area contributed by atoms with Crippen molar-refractivity contribution in [2.24, 2.45) is 0 Å². The third-order valence-electron chi connectivity index (χ3n) is 5.22. The summed E-state index contributed by atoms with van der Waals surface area (Å²) < 4.78 is 36.5. The van der Waals surface area contributed by atoms with Gasteiger partial charge in [0.1, 0.15) is 6.54 Å². The zero-order valence-electron chi connectivity index (χ0n) is 18.8. The van der Waals surface area contributed by atoms with Crippen molar-refractivity contribution in [1.82, 2.24) is 0 Å². The van der Waals surface area contributed by atoms with Crippen LogP contribution in [0.4, 0.5) is 0 Å². The Morgan fingerprint density at radius 3 is 1.93 bits per heavy atom. The molecule has 0 bridgehead atoms. The smallest absolute Gasteiger partial charge is 0.361 e. The Morgan fingerprint density at radius 1 is 1.00 bits per heavy atom. The first-order chi connectivity index (χ1) is 14.2. The molecule has 1 saturated heterocycles. The maximum atomic E-state index is 12.1. The molecule has 1 heterocycles. The van der Waals surface area contributed by atoms with Crippen LogP contribution in [0.2, 0.25) is 0 Å². The number of likely N-dealkylation sites (tertiary alicyclic amines) is 1. The number of halogens is 1. The molecule has 0 aromatic carbocycles. The van der Waals surface area contributed by atoms with E-state index >= 15 is 0 Å². The summed E-state index contributed by atoms with van der Waals surface area (Å²) in [6.07, 6.45) is 16.1. The first-order valence-corrected chi connectivity index (χ1v) is 14.1. The maximum absolute atomic E-state index is 12.1. The highest BCUT2D eigenvalue weighted by atomic mass is 127. The Kier molecular flexibility index (Phi) is 18.0. The van der Waals surface area contributed by atoms with Crippen LogP contribution in [0.3, 0.4) is 0 Å². The number of unbranched alkanes of at least 4 members (excludes halogenated alkanes) is 9. The van der Waals surface area contributed by atoms with Gasteiger partial charge in [-0.05, 0) is 16.3 Å². The lowest BCUT2D eigenvalue weighted by molar-refractivity contribution is -0.902. The van der Waals surface area contributed by atoms with Gasteiger partial charge in [0, 0.05) is 41.7 Å². The van der Waals surface area contributed by atoms with E-state index in [0.29, 0.717) is 19.4 Å². The summed E-state index contributed by atoms with van der Waals surface area (Å²) in [5.41, 5.74) is 0. The van der Waals surface area contributed by atoms with Gasteiger partial charge in [0.05, 0.1) is 29.8 Å². The molecule has 0 aromatic rings. The van der Waals surface area contributed by atoms with Crippen LogP contribution in [0, 0.1) is 9.85 Å². The van der Waals surface area contributed by atoms with Gasteiger partial charge in [-0.3, -0.25) is 0 Å². The Hall–Kier alpha value is -0.370. The van der Waals surface area contributed by atoms with E-state index in [1.165, 1.54) is 70.6 Å². The number of quaternary nitrogens is 1. The van der Waals surface area contributed by atoms with E-state index in [2.05, 4.69) is 39.4 Å². The van der Waals surface area contributed by atoms with Gasteiger partial charge in [-0.2, -0.15) is 0 Å². The van der Waals surface area contributed by atoms with Crippen molar-refractivity contribution in [2.45, 2.75) is 84.0 Å². The van der Waals surface area contributed by atoms with Gasteiger partial charge in [0.15, 0.2) is 6.54 Å². The highest BCUT2D eigenvalue weighted by molar-refractivity contribution is 14.1. The molecular formula is C22H40INO5S. The molecule has 6 nitrogen and oxygen atoms in total. The van der Waals surface area contributed by atoms with Crippen LogP contribution in [0.25, 0.3) is 0 Å². The minimum absolute atomic E-state index is 0.0342. The summed E-state index contributed by atoms with van der Waals surface area (Å²) >= 11 is 2.08. The van der Waals surface area contributed by atoms with Crippen LogP contribution in [0.1, 0.15) is 84.0 Å². The minimum Gasteiger partial charge on any atom is -0.748 e. The molecule has 0 aromatic heterocycles. The molecule has 0 spiro atoms. The normalized spacial score (nSPS) is 14.9. The van der Waals surface area contributed by atoms with E-state index in [4.69, 9.17) is 17.7 Å². The molecule has 30 heavy (non-hydrogen) atoms. The lowest BCUT2D eigenvalue weighted by Gasteiger charge is -2.30. The van der Waals surface area contributed by atoms with E-state index in [1.807, 2.05) is 0 Å². The van der Waals surface area contributed by atoms with Gasteiger partial charge in [-0.1, -0.05) is 64.7 Å². The minimum atomic E-state index is -3.92. The van der Waals surface area contributed by atoms with Crippen molar-refractivity contribution in [2.75, 3.05) is 39.0 Å². The Morgan fingerprint density at radius 2 is 1.47 bits per heavy atom. The molecule has 1 aliphatic heterocycles. The maximum Gasteiger partial charge on any atom is 0.361 e. The van der Waals surface area contributed by atoms with Gasteiger partial charge >= 0.3 is 5.97 Å². The number of esters is 1. The summed E-state index contributed by atoms with van der Waals surface area (Å²) in [7, 11) is -3.92. The Bertz CT molecular complexity index is 599. The fourth-order valence-electron chi connectivity index (χ4n) is 3.67. The van der Waals surface area contributed by atoms with Crippen molar-refractivity contribution < 1.29 is 27.0 Å². The van der Waals surface area contributed by atoms with Crippen LogP contribution in [0.5, 0.6) is 0 Å². The fraction of sp³-hybridized carbons (Fsp3) is 0.864. The van der Waals surface area contributed by atoms with Crippen LogP contribution in [-0.2, 0) is 19.6 Å². The van der Waals surface area contributed by atoms with Crippen molar-refractivity contribution in [3.8, 4) is 9.85 Å². The highest BCUT2D eigenvalue weighted by Crippen LogP contribution is 2.19. The number of carbonyl (C=O) groups is 1. The van der Waals surface area contributed by atoms with Gasteiger partial charge in [-0.25, -0.2) is 13.2 Å². The summed E-state index contributed by atoms with van der Waals surface area (Å²) in [5.74, 6) is 3.12. The molecule has 0 N–H and O–H groups in total. The molecule has 0 aliphatic carbocycles. The molecule has 1 aliphatic rings. The Labute approximate surface area is 198 Å². The van der Waals surface area contributed by atoms with E-state index < -0.39 is 10.1 Å². The molecule has 1 fully saturated rings. The number of carbonyl (C=O) groups excluding carboxylic acids is 1. The Balaban J connectivity index is 0.00000150. The number of nitrogens with zero attached hydrogens (tertiary/aromatic N) is 1. The van der Waals surface area contributed by atoms with Crippen LogP contribution in [0.15, 0.2) is 0 Å². The number of ether oxygens (including phenoxy) is 1. The monoisotopic (exact) mass is 557 g/mol. The van der Waals surface area contributed by atoms with E-state index in [0.717, 1.165) is 30.5 Å². The third kappa shape index (κ3) is 19.6. The second kappa shape index (κ2) is 18.2. The molecule has 0 unspecified atom stereocenters. The first kappa shape index (κ1) is 29.6. The SMILES string of the molecule is CCCCCCCCCCCCOC(=O)C[N+]1(CC#CI)CCCC1.CS(=O)(=O)[O-]. The third-order valence-corrected chi connectivity index (χ3v) is 5.60. The predicted octanol–water partition coefficient (Wildman–Crippen LogP) is 4.62. The lowest BCUT2D eigenvalue weighted by Crippen LogP contribution is -2.49. The highest BCUT2D eigenvalue weighted by Gasteiger charge is 2.34. The molecular weight excluding hydrogens is 517 g/mol. The van der Waals surface area contributed by atoms with Crippen molar-refractivity contribution >= 4 is 38.7 Å². The largest absolute Gasteiger partial charge is 0.748 e. The zero-order chi connectivity index (χ0) is 22.7. The van der Waals surface area contributed by atoms with Gasteiger partial charge in [0.25, 0.3) is 0 Å². The summed E-state index contributed by atoms with van der Waals surface area (Å²) in [6, 6.07) is 0. The van der Waals surface area contributed by atoms with E-state index in [-0.39, 0.29) is 5.97 Å². The standard InChI is InChI=1S/C21H37INO2.CH4O3S/c1-2-3-4-5-6-7-8-9-10-13-19-25-21(24)20-23(18-14-15-22)16-11-12-17-23;1-5(2,3)4/h2-13,16-20H2,1H3;1H3,(H,2,3,4)/q+1;/p-1. The van der Waals surface area contributed by atoms with E-state index in [1.54, 1.807) is 0 Å². The summed E-state index contributed by atoms with van der Waals surface area (Å²) in [6.45, 7) is 6.28. The number of hydrogen-bond acceptors (Lipinski definition) is 5. The lowest BCUT2D eigenvalue weighted by atomic mass is 10.1. The molecule has 0 atom stereocenters. The molecule has 8 heteroatoms. The van der Waals surface area contributed by atoms with Gasteiger partial charge in [0.2, 0.25) is 0 Å². The van der Waals surface area contributed by atoms with Crippen LogP contribution < -0.4 is 0 Å². The van der Waals surface area contributed by atoms with E-state index in [9.17, 15) is 4.79 Å². The molecule has 0 amide bonds. The molecule has 176 valence electrons. The topological polar surface area (TPSA) is 83.5 Å². The molecule has 0 saturated carbocycles. The summed E-state index contributed by atoms with van der Waals surface area (Å²) in [5, 5.41) is 0. The second-order valence-electron chi connectivity index (χ2n) is 8.19. The first-order valence-electron chi connectivity index (χ1n) is 11.2. The quantitative estimate of drug-likeness (QED) is 0.0778. The zero-order valence-corrected chi connectivity index (χ0v) is 21.8. The fourth-order valence-corrected chi connectivity index (χ4v) is 3.84. The molecule has 0 radical (unpaired) electrons. The van der Waals surface area contributed by atoms with Gasteiger partial charge < -0.3 is 13.8 Å². The average molecular weight is 558 g/mol. The van der Waals surface area contributed by atoms with Crippen molar-refractivity contribution in [1.29, 1.82) is 0 Å². The average Bonchev–Trinajstić information content (AvgIpc) is 3.11. The predicted molar refractivity (Wildman–Crippen MR) is 129 cm³/mol. The van der Waals surface area contributed by atoms with Gasteiger partial charge in [-0.15, -0.1) is 0 Å². The van der Waals surface area contributed by atoms with Crippen molar-refractivity contribution in [3.63, 3.8) is 0 Å². The summed E-state index contributed by atoms with van der Waals surface area (Å²) in [4.78, 5) is 12.1. The number of rotatable bonds is 14. The number of hydrogen-bond donors (Lipinski definition) is 0. The molecule has 1 rings (SSSR count). The van der Waals surface area contributed by atoms with Crippen molar-refractivity contribution in [3.05, 3.63) is 0 Å².